The molecule has 0 aliphatic heterocycles. The number of hydrogen-bond acceptors (Lipinski definition) is 5. The Morgan fingerprint density at radius 1 is 1.60 bits per heavy atom. The summed E-state index contributed by atoms with van der Waals surface area (Å²) in [6.45, 7) is 0. The minimum Gasteiger partial charge on any atom is -0.477 e. The van der Waals surface area contributed by atoms with Gasteiger partial charge in [-0.15, -0.1) is 0 Å². The van der Waals surface area contributed by atoms with Gasteiger partial charge in [0, 0.05) is 6.20 Å². The second kappa shape index (κ2) is 2.95. The molecular weight excluding hydrogens is 198 g/mol. The van der Waals surface area contributed by atoms with Crippen LogP contribution < -0.4 is 5.73 Å². The van der Waals surface area contributed by atoms with E-state index in [0.717, 1.165) is 10.7 Å². The fourth-order valence-corrected chi connectivity index (χ4v) is 1.19. The molecule has 2 rings (SSSR count). The SMILES string of the molecule is N#Cc1cnn2c(N)c(C(=O)O)cnc12. The van der Waals surface area contributed by atoms with Crippen molar-refractivity contribution in [1.82, 2.24) is 14.6 Å². The van der Waals surface area contributed by atoms with Gasteiger partial charge in [0.05, 0.1) is 6.20 Å². The lowest BCUT2D eigenvalue weighted by Crippen LogP contribution is -2.09. The third kappa shape index (κ3) is 1.16. The Morgan fingerprint density at radius 3 is 2.93 bits per heavy atom. The molecule has 0 unspecified atom stereocenters. The predicted molar refractivity (Wildman–Crippen MR) is 49.1 cm³/mol. The molecule has 0 aliphatic rings. The molecule has 0 aliphatic carbocycles. The molecular formula is C8H5N5O2. The van der Waals surface area contributed by atoms with Crippen molar-refractivity contribution in [3.05, 3.63) is 23.5 Å². The van der Waals surface area contributed by atoms with E-state index in [9.17, 15) is 4.79 Å². The van der Waals surface area contributed by atoms with Gasteiger partial charge in [0.1, 0.15) is 23.0 Å². The van der Waals surface area contributed by atoms with E-state index in [-0.39, 0.29) is 22.6 Å². The van der Waals surface area contributed by atoms with Gasteiger partial charge in [0.15, 0.2) is 5.65 Å². The number of nitrogens with zero attached hydrogens (tertiary/aromatic N) is 4. The van der Waals surface area contributed by atoms with Crippen LogP contribution in [0, 0.1) is 11.3 Å². The van der Waals surface area contributed by atoms with E-state index in [0.29, 0.717) is 0 Å². The van der Waals surface area contributed by atoms with Crippen LogP contribution in [-0.4, -0.2) is 25.7 Å². The highest BCUT2D eigenvalue weighted by Crippen LogP contribution is 2.14. The van der Waals surface area contributed by atoms with E-state index in [1.807, 2.05) is 6.07 Å². The summed E-state index contributed by atoms with van der Waals surface area (Å²) >= 11 is 0. The van der Waals surface area contributed by atoms with Crippen LogP contribution in [0.2, 0.25) is 0 Å². The largest absolute Gasteiger partial charge is 0.477 e. The molecule has 7 nitrogen and oxygen atoms in total. The minimum absolute atomic E-state index is 0.0472. The third-order valence-electron chi connectivity index (χ3n) is 1.91. The Bertz CT molecular complexity index is 595. The van der Waals surface area contributed by atoms with Crippen LogP contribution in [-0.2, 0) is 0 Å². The normalized spacial score (nSPS) is 10.1. The van der Waals surface area contributed by atoms with E-state index in [1.54, 1.807) is 0 Å². The predicted octanol–water partition coefficient (Wildman–Crippen LogP) is -0.119. The number of aromatic nitrogens is 3. The van der Waals surface area contributed by atoms with E-state index in [1.165, 1.54) is 6.20 Å². The Morgan fingerprint density at radius 2 is 2.33 bits per heavy atom. The molecule has 0 saturated heterocycles. The van der Waals surface area contributed by atoms with Gasteiger partial charge in [-0.1, -0.05) is 0 Å². The molecule has 2 aromatic heterocycles. The first-order chi connectivity index (χ1) is 7.15. The summed E-state index contributed by atoms with van der Waals surface area (Å²) in [5.41, 5.74) is 5.91. The topological polar surface area (TPSA) is 117 Å². The number of nitrogen functional groups attached to an aromatic ring is 1. The number of carbonyl (C=O) groups is 1. The third-order valence-corrected chi connectivity index (χ3v) is 1.91. The maximum absolute atomic E-state index is 10.7. The fraction of sp³-hybridized carbons (Fsp3) is 0. The van der Waals surface area contributed by atoms with Gasteiger partial charge in [-0.2, -0.15) is 14.9 Å². The maximum atomic E-state index is 10.7. The van der Waals surface area contributed by atoms with Crippen LogP contribution in [0.3, 0.4) is 0 Å². The molecule has 3 N–H and O–H groups in total. The summed E-state index contributed by atoms with van der Waals surface area (Å²) < 4.78 is 1.13. The molecule has 0 radical (unpaired) electrons. The van der Waals surface area contributed by atoms with Crippen molar-refractivity contribution < 1.29 is 9.90 Å². The van der Waals surface area contributed by atoms with Gasteiger partial charge < -0.3 is 10.8 Å². The molecule has 7 heteroatoms. The van der Waals surface area contributed by atoms with Crippen LogP contribution in [0.4, 0.5) is 5.82 Å². The van der Waals surface area contributed by atoms with Crippen LogP contribution in [0.1, 0.15) is 15.9 Å². The molecule has 0 atom stereocenters. The smallest absolute Gasteiger partial charge is 0.341 e. The van der Waals surface area contributed by atoms with Gasteiger partial charge in [-0.05, 0) is 0 Å². The van der Waals surface area contributed by atoms with Gasteiger partial charge in [0.25, 0.3) is 0 Å². The zero-order valence-corrected chi connectivity index (χ0v) is 7.38. The van der Waals surface area contributed by atoms with Gasteiger partial charge in [-0.25, -0.2) is 9.78 Å². The Hall–Kier alpha value is -2.62. The summed E-state index contributed by atoms with van der Waals surface area (Å²) in [6, 6.07) is 1.88. The fourth-order valence-electron chi connectivity index (χ4n) is 1.19. The number of rotatable bonds is 1. The molecule has 15 heavy (non-hydrogen) atoms. The number of fused-ring (bicyclic) bond motifs is 1. The average Bonchev–Trinajstić information content (AvgIpc) is 2.61. The molecule has 0 saturated carbocycles. The molecule has 0 spiro atoms. The Kier molecular flexibility index (Phi) is 1.76. The molecule has 0 bridgehead atoms. The molecule has 74 valence electrons. The minimum atomic E-state index is -1.18. The van der Waals surface area contributed by atoms with Crippen molar-refractivity contribution in [1.29, 1.82) is 5.26 Å². The van der Waals surface area contributed by atoms with Crippen molar-refractivity contribution in [3.8, 4) is 6.07 Å². The molecule has 0 fully saturated rings. The second-order valence-corrected chi connectivity index (χ2v) is 2.77. The first-order valence-corrected chi connectivity index (χ1v) is 3.90. The first kappa shape index (κ1) is 8.96. The van der Waals surface area contributed by atoms with Crippen LogP contribution in [0.15, 0.2) is 12.4 Å². The van der Waals surface area contributed by atoms with Crippen molar-refractivity contribution in [2.24, 2.45) is 0 Å². The van der Waals surface area contributed by atoms with Crippen molar-refractivity contribution in [2.75, 3.05) is 5.73 Å². The Labute approximate surface area is 83.4 Å². The standard InChI is InChI=1S/C8H5N5O2/c9-1-4-2-12-13-6(10)5(8(14)15)3-11-7(4)13/h2-3H,10H2,(H,14,15). The molecule has 0 aromatic carbocycles. The lowest BCUT2D eigenvalue weighted by molar-refractivity contribution is 0.0697. The summed E-state index contributed by atoms with van der Waals surface area (Å²) in [5.74, 6) is -1.23. The quantitative estimate of drug-likeness (QED) is 0.667. The zero-order valence-electron chi connectivity index (χ0n) is 7.38. The lowest BCUT2D eigenvalue weighted by atomic mass is 10.3. The van der Waals surface area contributed by atoms with Gasteiger partial charge in [-0.3, -0.25) is 0 Å². The number of nitriles is 1. The summed E-state index contributed by atoms with van der Waals surface area (Å²) in [4.78, 5) is 14.5. The first-order valence-electron chi connectivity index (χ1n) is 3.90. The maximum Gasteiger partial charge on any atom is 0.341 e. The van der Waals surface area contributed by atoms with Crippen LogP contribution in [0.5, 0.6) is 0 Å². The highest BCUT2D eigenvalue weighted by Gasteiger charge is 2.14. The average molecular weight is 203 g/mol. The monoisotopic (exact) mass is 203 g/mol. The lowest BCUT2D eigenvalue weighted by Gasteiger charge is -2.01. The number of hydrogen-bond donors (Lipinski definition) is 2. The number of aromatic carboxylic acids is 1. The van der Waals surface area contributed by atoms with Crippen molar-refractivity contribution >= 4 is 17.4 Å². The highest BCUT2D eigenvalue weighted by molar-refractivity contribution is 5.92. The van der Waals surface area contributed by atoms with Gasteiger partial charge >= 0.3 is 5.97 Å². The van der Waals surface area contributed by atoms with E-state index >= 15 is 0 Å². The second-order valence-electron chi connectivity index (χ2n) is 2.77. The number of carboxylic acid groups (broad SMARTS) is 1. The summed E-state index contributed by atoms with van der Waals surface area (Å²) in [6.07, 6.45) is 2.39. The number of anilines is 1. The van der Waals surface area contributed by atoms with E-state index < -0.39 is 5.97 Å². The number of nitrogens with two attached hydrogens (primary N) is 1. The summed E-state index contributed by atoms with van der Waals surface area (Å²) in [5, 5.41) is 21.2. The van der Waals surface area contributed by atoms with Gasteiger partial charge in [0.2, 0.25) is 0 Å². The number of carboxylic acids is 1. The summed E-state index contributed by atoms with van der Waals surface area (Å²) in [7, 11) is 0. The molecule has 2 aromatic rings. The van der Waals surface area contributed by atoms with Crippen molar-refractivity contribution in [2.45, 2.75) is 0 Å². The molecule has 0 amide bonds. The van der Waals surface area contributed by atoms with Crippen molar-refractivity contribution in [3.63, 3.8) is 0 Å². The Balaban J connectivity index is 2.82. The van der Waals surface area contributed by atoms with Crippen LogP contribution >= 0.6 is 0 Å². The van der Waals surface area contributed by atoms with E-state index in [4.69, 9.17) is 16.1 Å². The molecule has 2 heterocycles. The zero-order chi connectivity index (χ0) is 11.0. The highest BCUT2D eigenvalue weighted by atomic mass is 16.4. The van der Waals surface area contributed by atoms with E-state index in [2.05, 4.69) is 10.1 Å². The van der Waals surface area contributed by atoms with Crippen LogP contribution in [0.25, 0.3) is 5.65 Å².